The number of halogens is 1. The van der Waals surface area contributed by atoms with Crippen LogP contribution in [0, 0.1) is 0 Å². The Labute approximate surface area is 128 Å². The lowest BCUT2D eigenvalue weighted by atomic mass is 10.2. The van der Waals surface area contributed by atoms with Crippen molar-refractivity contribution in [2.45, 2.75) is 13.8 Å². The van der Waals surface area contributed by atoms with E-state index in [0.29, 0.717) is 0 Å². The Balaban J connectivity index is 2.14. The highest BCUT2D eigenvalue weighted by molar-refractivity contribution is 9.10. The Hall–Kier alpha value is -1.68. The smallest absolute Gasteiger partial charge is 0.0618 e. The van der Waals surface area contributed by atoms with Crippen LogP contribution in [0.3, 0.4) is 0 Å². The fraction of sp³-hybridized carbons (Fsp3) is 0.250. The SMILES string of the molecule is CCN(CC)c1ccc(Nc2ccc(Br)cc2N)cc1. The molecule has 3 nitrogen and oxygen atoms in total. The molecular formula is C16H20BrN3. The first-order valence-corrected chi connectivity index (χ1v) is 7.60. The summed E-state index contributed by atoms with van der Waals surface area (Å²) in [5.41, 5.74) is 9.92. The van der Waals surface area contributed by atoms with Crippen LogP contribution in [0.2, 0.25) is 0 Å². The van der Waals surface area contributed by atoms with Gasteiger partial charge in [-0.2, -0.15) is 0 Å². The third-order valence-corrected chi connectivity index (χ3v) is 3.78. The Kier molecular flexibility index (Phi) is 4.90. The van der Waals surface area contributed by atoms with Crippen LogP contribution in [0.5, 0.6) is 0 Å². The van der Waals surface area contributed by atoms with Crippen molar-refractivity contribution in [3.05, 3.63) is 46.9 Å². The van der Waals surface area contributed by atoms with Crippen molar-refractivity contribution >= 4 is 38.7 Å². The zero-order chi connectivity index (χ0) is 14.5. The molecule has 0 saturated carbocycles. The van der Waals surface area contributed by atoms with E-state index >= 15 is 0 Å². The van der Waals surface area contributed by atoms with E-state index < -0.39 is 0 Å². The first kappa shape index (κ1) is 14.7. The van der Waals surface area contributed by atoms with Crippen LogP contribution in [-0.4, -0.2) is 13.1 Å². The molecule has 0 bridgehead atoms. The lowest BCUT2D eigenvalue weighted by molar-refractivity contribution is 0.866. The summed E-state index contributed by atoms with van der Waals surface area (Å²) in [6, 6.07) is 14.3. The van der Waals surface area contributed by atoms with Crippen LogP contribution in [0.25, 0.3) is 0 Å². The average Bonchev–Trinajstić information content (AvgIpc) is 2.45. The number of nitrogens with two attached hydrogens (primary N) is 1. The lowest BCUT2D eigenvalue weighted by Crippen LogP contribution is -2.21. The number of rotatable bonds is 5. The highest BCUT2D eigenvalue weighted by atomic mass is 79.9. The summed E-state index contributed by atoms with van der Waals surface area (Å²) in [7, 11) is 0. The Bertz CT molecular complexity index is 562. The summed E-state index contributed by atoms with van der Waals surface area (Å²) in [5.74, 6) is 0. The second kappa shape index (κ2) is 6.66. The summed E-state index contributed by atoms with van der Waals surface area (Å²) < 4.78 is 0.984. The summed E-state index contributed by atoms with van der Waals surface area (Å²) in [4.78, 5) is 2.32. The van der Waals surface area contributed by atoms with E-state index in [2.05, 4.69) is 64.3 Å². The Morgan fingerprint density at radius 1 is 1.05 bits per heavy atom. The maximum Gasteiger partial charge on any atom is 0.0618 e. The highest BCUT2D eigenvalue weighted by Gasteiger charge is 2.03. The topological polar surface area (TPSA) is 41.3 Å². The molecular weight excluding hydrogens is 314 g/mol. The molecule has 0 unspecified atom stereocenters. The number of nitrogens with zero attached hydrogens (tertiary/aromatic N) is 1. The van der Waals surface area contributed by atoms with Crippen LogP contribution < -0.4 is 16.0 Å². The molecule has 4 heteroatoms. The van der Waals surface area contributed by atoms with Crippen molar-refractivity contribution in [1.29, 1.82) is 0 Å². The molecule has 2 rings (SSSR count). The van der Waals surface area contributed by atoms with Gasteiger partial charge in [0.2, 0.25) is 0 Å². The van der Waals surface area contributed by atoms with Gasteiger partial charge in [0, 0.05) is 28.9 Å². The van der Waals surface area contributed by atoms with E-state index in [-0.39, 0.29) is 0 Å². The standard InChI is InChI=1S/C16H20BrN3/c1-3-20(4-2)14-8-6-13(7-9-14)19-16-10-5-12(17)11-15(16)18/h5-11,19H,3-4,18H2,1-2H3. The van der Waals surface area contributed by atoms with Gasteiger partial charge in [-0.05, 0) is 56.3 Å². The molecule has 0 aliphatic carbocycles. The van der Waals surface area contributed by atoms with Gasteiger partial charge < -0.3 is 16.0 Å². The number of hydrogen-bond acceptors (Lipinski definition) is 3. The fourth-order valence-electron chi connectivity index (χ4n) is 2.15. The summed E-state index contributed by atoms with van der Waals surface area (Å²) in [6.07, 6.45) is 0. The normalized spacial score (nSPS) is 10.3. The molecule has 0 aliphatic rings. The predicted molar refractivity (Wildman–Crippen MR) is 91.8 cm³/mol. The van der Waals surface area contributed by atoms with Gasteiger partial charge in [-0.1, -0.05) is 15.9 Å². The largest absolute Gasteiger partial charge is 0.397 e. The number of hydrogen-bond donors (Lipinski definition) is 2. The Morgan fingerprint density at radius 2 is 1.70 bits per heavy atom. The van der Waals surface area contributed by atoms with Crippen LogP contribution in [0.4, 0.5) is 22.7 Å². The molecule has 0 aromatic heterocycles. The van der Waals surface area contributed by atoms with Gasteiger partial charge in [0.15, 0.2) is 0 Å². The molecule has 0 aliphatic heterocycles. The highest BCUT2D eigenvalue weighted by Crippen LogP contribution is 2.27. The van der Waals surface area contributed by atoms with Gasteiger partial charge in [0.1, 0.15) is 0 Å². The van der Waals surface area contributed by atoms with Crippen molar-refractivity contribution in [1.82, 2.24) is 0 Å². The van der Waals surface area contributed by atoms with E-state index in [1.54, 1.807) is 0 Å². The van der Waals surface area contributed by atoms with E-state index in [1.165, 1.54) is 5.69 Å². The van der Waals surface area contributed by atoms with Crippen molar-refractivity contribution in [3.8, 4) is 0 Å². The quantitative estimate of drug-likeness (QED) is 0.784. The second-order valence-electron chi connectivity index (χ2n) is 4.58. The third kappa shape index (κ3) is 3.45. The minimum Gasteiger partial charge on any atom is -0.397 e. The molecule has 3 N–H and O–H groups in total. The van der Waals surface area contributed by atoms with Crippen LogP contribution in [-0.2, 0) is 0 Å². The summed E-state index contributed by atoms with van der Waals surface area (Å²) in [5, 5.41) is 3.34. The molecule has 2 aromatic carbocycles. The van der Waals surface area contributed by atoms with E-state index in [4.69, 9.17) is 5.73 Å². The molecule has 0 amide bonds. The van der Waals surface area contributed by atoms with Crippen molar-refractivity contribution in [2.24, 2.45) is 0 Å². The van der Waals surface area contributed by atoms with Crippen molar-refractivity contribution in [3.63, 3.8) is 0 Å². The van der Waals surface area contributed by atoms with Crippen molar-refractivity contribution < 1.29 is 0 Å². The fourth-order valence-corrected chi connectivity index (χ4v) is 2.53. The molecule has 106 valence electrons. The first-order chi connectivity index (χ1) is 9.63. The molecule has 0 atom stereocenters. The molecule has 0 spiro atoms. The van der Waals surface area contributed by atoms with E-state index in [1.807, 2.05) is 18.2 Å². The maximum atomic E-state index is 5.99. The molecule has 2 aromatic rings. The minimum atomic E-state index is 0.729. The first-order valence-electron chi connectivity index (χ1n) is 6.81. The third-order valence-electron chi connectivity index (χ3n) is 3.29. The van der Waals surface area contributed by atoms with Gasteiger partial charge in [-0.25, -0.2) is 0 Å². The second-order valence-corrected chi connectivity index (χ2v) is 5.49. The summed E-state index contributed by atoms with van der Waals surface area (Å²) >= 11 is 3.41. The zero-order valence-electron chi connectivity index (χ0n) is 11.9. The predicted octanol–water partition coefficient (Wildman–Crippen LogP) is 4.62. The van der Waals surface area contributed by atoms with Gasteiger partial charge in [-0.3, -0.25) is 0 Å². The molecule has 0 heterocycles. The van der Waals surface area contributed by atoms with Gasteiger partial charge in [0.05, 0.1) is 11.4 Å². The zero-order valence-corrected chi connectivity index (χ0v) is 13.4. The maximum absolute atomic E-state index is 5.99. The van der Waals surface area contributed by atoms with Gasteiger partial charge >= 0.3 is 0 Å². The average molecular weight is 334 g/mol. The summed E-state index contributed by atoms with van der Waals surface area (Å²) in [6.45, 7) is 6.36. The number of nitrogens with one attached hydrogen (secondary N) is 1. The van der Waals surface area contributed by atoms with Crippen LogP contribution in [0.1, 0.15) is 13.8 Å². The molecule has 0 radical (unpaired) electrons. The number of anilines is 4. The monoisotopic (exact) mass is 333 g/mol. The van der Waals surface area contributed by atoms with Gasteiger partial charge in [0.25, 0.3) is 0 Å². The minimum absolute atomic E-state index is 0.729. The Morgan fingerprint density at radius 3 is 2.25 bits per heavy atom. The lowest BCUT2D eigenvalue weighted by Gasteiger charge is -2.21. The van der Waals surface area contributed by atoms with Crippen molar-refractivity contribution in [2.75, 3.05) is 29.0 Å². The van der Waals surface area contributed by atoms with E-state index in [9.17, 15) is 0 Å². The molecule has 20 heavy (non-hydrogen) atoms. The number of nitrogen functional groups attached to an aromatic ring is 1. The molecule has 0 fully saturated rings. The number of benzene rings is 2. The molecule has 0 saturated heterocycles. The van der Waals surface area contributed by atoms with E-state index in [0.717, 1.165) is 34.6 Å². The van der Waals surface area contributed by atoms with Gasteiger partial charge in [-0.15, -0.1) is 0 Å². The van der Waals surface area contributed by atoms with Crippen LogP contribution in [0.15, 0.2) is 46.9 Å². The van der Waals surface area contributed by atoms with Crippen LogP contribution >= 0.6 is 15.9 Å².